The molecule has 11 heavy (non-hydrogen) atoms. The van der Waals surface area contributed by atoms with E-state index in [4.69, 9.17) is 6.42 Å². The van der Waals surface area contributed by atoms with Gasteiger partial charge in [0.05, 0.1) is 0 Å². The Kier molecular flexibility index (Phi) is 15.2. The molecular weight excluding hydrogens is 277 g/mol. The molecule has 1 atom stereocenters. The van der Waals surface area contributed by atoms with E-state index in [1.54, 1.807) is 17.1 Å². The molecule has 0 fully saturated rings. The van der Waals surface area contributed by atoms with Crippen LogP contribution in [0.3, 0.4) is 0 Å². The second-order valence-electron chi connectivity index (χ2n) is 1.65. The number of halogens is 1. The third-order valence-electron chi connectivity index (χ3n) is 0.829. The average Bonchev–Trinajstić information content (AvgIpc) is 1.89. The van der Waals surface area contributed by atoms with Crippen LogP contribution in [0.15, 0.2) is 23.2 Å². The first-order valence-electron chi connectivity index (χ1n) is 2.84. The molecule has 0 N–H and O–H groups in total. The first-order valence-corrected chi connectivity index (χ1v) is 3.75. The minimum atomic E-state index is -0.770. The summed E-state index contributed by atoms with van der Waals surface area (Å²) < 4.78 is 0. The Morgan fingerprint density at radius 3 is 2.64 bits per heavy atom. The van der Waals surface area contributed by atoms with Crippen LogP contribution in [0.5, 0.6) is 0 Å². The summed E-state index contributed by atoms with van der Waals surface area (Å²) in [7, 11) is 0. The molecule has 0 aliphatic heterocycles. The summed E-state index contributed by atoms with van der Waals surface area (Å²) in [6.07, 6.45) is 9.33. The third kappa shape index (κ3) is 11.3. The maximum atomic E-state index is 10.7. The van der Waals surface area contributed by atoms with Crippen molar-refractivity contribution in [1.82, 2.24) is 0 Å². The maximum Gasteiger partial charge on any atom is 1.00 e. The van der Waals surface area contributed by atoms with Gasteiger partial charge in [-0.1, -0.05) is 40.3 Å². The molecule has 0 bridgehead atoms. The van der Waals surface area contributed by atoms with Gasteiger partial charge in [0.15, 0.2) is 0 Å². The molecule has 0 radical (unpaired) electrons. The monoisotopic (exact) mass is 284 g/mol. The normalized spacial score (nSPS) is 12.8. The van der Waals surface area contributed by atoms with Crippen molar-refractivity contribution in [3.8, 4) is 12.3 Å². The summed E-state index contributed by atoms with van der Waals surface area (Å²) in [5.41, 5.74) is 0. The summed E-state index contributed by atoms with van der Waals surface area (Å²) in [4.78, 5) is 1.67. The molecule has 0 aromatic heterocycles. The summed E-state index contributed by atoms with van der Waals surface area (Å²) in [6.45, 7) is 0. The van der Waals surface area contributed by atoms with Gasteiger partial charge in [0, 0.05) is 0 Å². The van der Waals surface area contributed by atoms with Crippen LogP contribution in [0.4, 0.5) is 0 Å². The van der Waals surface area contributed by atoms with Crippen LogP contribution in [-0.4, -0.2) is 6.10 Å². The summed E-state index contributed by atoms with van der Waals surface area (Å²) >= 11 is 3.06. The van der Waals surface area contributed by atoms with Crippen molar-refractivity contribution in [2.75, 3.05) is 0 Å². The zero-order chi connectivity index (χ0) is 7.82. The summed E-state index contributed by atoms with van der Waals surface area (Å²) in [6, 6.07) is 0. The van der Waals surface area contributed by atoms with Crippen molar-refractivity contribution < 1.29 is 63.3 Å². The van der Waals surface area contributed by atoms with Crippen LogP contribution in [0.25, 0.3) is 0 Å². The Morgan fingerprint density at radius 1 is 1.55 bits per heavy atom. The quantitative estimate of drug-likeness (QED) is 0.444. The topological polar surface area (TPSA) is 23.1 Å². The Morgan fingerprint density at radius 2 is 2.18 bits per heavy atom. The number of rotatable bonds is 3. The van der Waals surface area contributed by atoms with E-state index in [1.807, 2.05) is 0 Å². The predicted octanol–water partition coefficient (Wildman–Crippen LogP) is -1.79. The van der Waals surface area contributed by atoms with Crippen molar-refractivity contribution in [1.29, 1.82) is 0 Å². The number of hydrogen-bond donors (Lipinski definition) is 0. The first kappa shape index (κ1) is 14.8. The summed E-state index contributed by atoms with van der Waals surface area (Å²) in [5.74, 6) is 2.29. The largest absolute Gasteiger partial charge is 1.00 e. The van der Waals surface area contributed by atoms with Crippen molar-refractivity contribution in [3.63, 3.8) is 0 Å². The van der Waals surface area contributed by atoms with Gasteiger partial charge in [0.25, 0.3) is 0 Å². The van der Waals surface area contributed by atoms with E-state index in [2.05, 4.69) is 21.9 Å². The zero-order valence-electron chi connectivity index (χ0n) is 6.46. The van der Waals surface area contributed by atoms with Gasteiger partial charge in [-0.15, -0.1) is 12.3 Å². The Labute approximate surface area is 125 Å². The standard InChI is InChI=1S/C8H8BrO.Rb/c1-2-5-8(10)6-3-4-7-9;/h1,3-4,6-8H,5H2;/q-1;+1/b6-3+,7-4+;/t8-;/m1./s1. The fourth-order valence-corrected chi connectivity index (χ4v) is 0.590. The molecule has 54 valence electrons. The molecule has 0 spiro atoms. The van der Waals surface area contributed by atoms with Gasteiger partial charge < -0.3 is 5.11 Å². The van der Waals surface area contributed by atoms with Crippen molar-refractivity contribution in [2.24, 2.45) is 0 Å². The van der Waals surface area contributed by atoms with E-state index in [-0.39, 0.29) is 64.6 Å². The summed E-state index contributed by atoms with van der Waals surface area (Å²) in [5, 5.41) is 10.7. The van der Waals surface area contributed by atoms with Gasteiger partial charge in [-0.2, -0.15) is 0 Å². The number of hydrogen-bond acceptors (Lipinski definition) is 1. The van der Waals surface area contributed by atoms with E-state index in [1.165, 1.54) is 6.08 Å². The molecule has 0 rings (SSSR count). The van der Waals surface area contributed by atoms with E-state index in [0.717, 1.165) is 0 Å². The van der Waals surface area contributed by atoms with E-state index in [0.29, 0.717) is 0 Å². The Hall–Kier alpha value is 1.29. The van der Waals surface area contributed by atoms with E-state index in [9.17, 15) is 5.11 Å². The van der Waals surface area contributed by atoms with Crippen molar-refractivity contribution in [2.45, 2.75) is 12.5 Å². The molecule has 0 aliphatic carbocycles. The van der Waals surface area contributed by atoms with Gasteiger partial charge >= 0.3 is 58.2 Å². The average molecular weight is 286 g/mol. The van der Waals surface area contributed by atoms with Gasteiger partial charge in [-0.25, -0.2) is 0 Å². The van der Waals surface area contributed by atoms with Crippen LogP contribution in [0, 0.1) is 12.3 Å². The molecule has 0 aliphatic rings. The minimum absolute atomic E-state index is 0. The molecular formula is C8H8BrORb. The molecule has 0 aromatic rings. The molecule has 0 heterocycles. The third-order valence-corrected chi connectivity index (χ3v) is 1.13. The smallest absolute Gasteiger partial charge is 0.848 e. The van der Waals surface area contributed by atoms with Crippen LogP contribution in [-0.2, 0) is 0 Å². The fraction of sp³-hybridized carbons (Fsp3) is 0.250. The zero-order valence-corrected chi connectivity index (χ0v) is 13.0. The maximum absolute atomic E-state index is 10.7. The van der Waals surface area contributed by atoms with Crippen molar-refractivity contribution >= 4 is 15.9 Å². The van der Waals surface area contributed by atoms with Gasteiger partial charge in [0.1, 0.15) is 0 Å². The minimum Gasteiger partial charge on any atom is -0.848 e. The second kappa shape index (κ2) is 11.3. The molecule has 0 saturated carbocycles. The molecule has 3 heteroatoms. The van der Waals surface area contributed by atoms with E-state index < -0.39 is 6.10 Å². The van der Waals surface area contributed by atoms with Crippen LogP contribution in [0.1, 0.15) is 6.42 Å². The number of allylic oxidation sites excluding steroid dienone is 2. The van der Waals surface area contributed by atoms with Crippen LogP contribution >= 0.6 is 15.9 Å². The van der Waals surface area contributed by atoms with E-state index >= 15 is 0 Å². The van der Waals surface area contributed by atoms with Gasteiger partial charge in [0.2, 0.25) is 0 Å². The van der Waals surface area contributed by atoms with Crippen LogP contribution < -0.4 is 63.3 Å². The van der Waals surface area contributed by atoms with Gasteiger partial charge in [-0.3, -0.25) is 0 Å². The Bertz CT molecular complexity index is 169. The Balaban J connectivity index is 0. The van der Waals surface area contributed by atoms with Crippen molar-refractivity contribution in [3.05, 3.63) is 23.2 Å². The molecule has 0 aromatic carbocycles. The first-order chi connectivity index (χ1) is 4.81. The number of terminal acetylenes is 1. The molecule has 0 amide bonds. The molecule has 1 nitrogen and oxygen atoms in total. The molecule has 0 saturated heterocycles. The second-order valence-corrected chi connectivity index (χ2v) is 2.18. The fourth-order valence-electron chi connectivity index (χ4n) is 0.414. The predicted molar refractivity (Wildman–Crippen MR) is 44.4 cm³/mol. The SMILES string of the molecule is C#CC[C@@H]([O-])/C=C/C=C/Br.[Rb+]. The van der Waals surface area contributed by atoms with Crippen LogP contribution in [0.2, 0.25) is 0 Å². The molecule has 0 unspecified atom stereocenters. The van der Waals surface area contributed by atoms with Gasteiger partial charge in [-0.05, 0) is 11.4 Å².